The molecule has 0 spiro atoms. The van der Waals surface area contributed by atoms with Crippen LogP contribution in [0.1, 0.15) is 6.92 Å². The fraction of sp³-hybridized carbons (Fsp3) is 0.667. The Balaban J connectivity index is 0. The molecule has 4 unspecified atom stereocenters. The van der Waals surface area contributed by atoms with Gasteiger partial charge in [0.1, 0.15) is 24.4 Å². The number of carbonyl (C=O) groups is 1. The molecule has 0 aliphatic rings. The normalized spacial score (nSPS) is 17.7. The second kappa shape index (κ2) is 9.75. The number of aliphatic hydroxyl groups excluding tert-OH is 5. The molecule has 0 rings (SSSR count). The van der Waals surface area contributed by atoms with E-state index < -0.39 is 31.0 Å². The van der Waals surface area contributed by atoms with Crippen LogP contribution in [0.5, 0.6) is 0 Å². The molecule has 0 aromatic carbocycles. The molecule has 0 aliphatic heterocycles. The lowest BCUT2D eigenvalue weighted by atomic mass is 10.0. The maximum absolute atomic E-state index is 9.90. The van der Waals surface area contributed by atoms with E-state index in [1.54, 1.807) is 6.08 Å². The first kappa shape index (κ1) is 16.6. The van der Waals surface area contributed by atoms with E-state index in [2.05, 4.69) is 6.58 Å². The highest BCUT2D eigenvalue weighted by molar-refractivity contribution is 5.56. The Hall–Kier alpha value is -0.790. The second-order valence-corrected chi connectivity index (χ2v) is 2.77. The first-order valence-electron chi connectivity index (χ1n) is 4.31. The summed E-state index contributed by atoms with van der Waals surface area (Å²) >= 11 is 0. The first-order valence-corrected chi connectivity index (χ1v) is 4.31. The molecule has 6 nitrogen and oxygen atoms in total. The van der Waals surface area contributed by atoms with Crippen molar-refractivity contribution in [3.63, 3.8) is 0 Å². The van der Waals surface area contributed by atoms with Gasteiger partial charge in [-0.15, -0.1) is 6.58 Å². The van der Waals surface area contributed by atoms with Crippen molar-refractivity contribution in [3.05, 3.63) is 12.7 Å². The Kier molecular flexibility index (Phi) is 10.8. The Labute approximate surface area is 88.1 Å². The third-order valence-electron chi connectivity index (χ3n) is 1.42. The molecule has 6 heteroatoms. The second-order valence-electron chi connectivity index (χ2n) is 2.77. The lowest BCUT2D eigenvalue weighted by Crippen LogP contribution is -2.46. The minimum absolute atomic E-state index is 0.0258. The number of aldehydes is 1. The van der Waals surface area contributed by atoms with Crippen LogP contribution in [0.25, 0.3) is 0 Å². The van der Waals surface area contributed by atoms with Gasteiger partial charge >= 0.3 is 0 Å². The van der Waals surface area contributed by atoms with Gasteiger partial charge in [-0.25, -0.2) is 0 Å². The standard InChI is InChI=1S/C6H12O6.C3H6/c7-1-3(9)5(11)6(12)4(10)2-8;1-3-2/h1,3-6,8-12H,2H2;3H,1H2,2H3. The molecule has 0 fully saturated rings. The molecular formula is C9H18O6. The molecule has 0 aromatic rings. The van der Waals surface area contributed by atoms with Crippen molar-refractivity contribution in [2.24, 2.45) is 0 Å². The topological polar surface area (TPSA) is 118 Å². The van der Waals surface area contributed by atoms with Gasteiger partial charge in [0.15, 0.2) is 6.29 Å². The zero-order valence-corrected chi connectivity index (χ0v) is 8.52. The fourth-order valence-electron chi connectivity index (χ4n) is 0.618. The molecule has 4 atom stereocenters. The predicted octanol–water partition coefficient (Wildman–Crippen LogP) is -2.19. The van der Waals surface area contributed by atoms with Crippen molar-refractivity contribution in [2.45, 2.75) is 31.3 Å². The van der Waals surface area contributed by atoms with Crippen LogP contribution < -0.4 is 0 Å². The SMILES string of the molecule is C=CC.O=CC(O)C(O)C(O)C(O)CO. The summed E-state index contributed by atoms with van der Waals surface area (Å²) in [5.41, 5.74) is 0. The van der Waals surface area contributed by atoms with Crippen LogP contribution in [0.2, 0.25) is 0 Å². The minimum atomic E-state index is -1.79. The number of hydrogen-bond acceptors (Lipinski definition) is 6. The zero-order valence-electron chi connectivity index (χ0n) is 8.52. The molecule has 0 amide bonds. The number of hydrogen-bond donors (Lipinski definition) is 5. The van der Waals surface area contributed by atoms with Gasteiger partial charge in [-0.3, -0.25) is 0 Å². The minimum Gasteiger partial charge on any atom is -0.394 e. The van der Waals surface area contributed by atoms with Crippen molar-refractivity contribution in [1.29, 1.82) is 0 Å². The van der Waals surface area contributed by atoms with Crippen LogP contribution in [0.15, 0.2) is 12.7 Å². The van der Waals surface area contributed by atoms with E-state index in [4.69, 9.17) is 25.5 Å². The molecular weight excluding hydrogens is 204 g/mol. The van der Waals surface area contributed by atoms with Gasteiger partial charge in [0.2, 0.25) is 0 Å². The van der Waals surface area contributed by atoms with Gasteiger partial charge < -0.3 is 30.3 Å². The summed E-state index contributed by atoms with van der Waals surface area (Å²) in [5.74, 6) is 0. The van der Waals surface area contributed by atoms with Crippen molar-refractivity contribution in [2.75, 3.05) is 6.61 Å². The molecule has 90 valence electrons. The summed E-state index contributed by atoms with van der Waals surface area (Å²) in [6.07, 6.45) is -5.09. The Bertz CT molecular complexity index is 172. The molecule has 15 heavy (non-hydrogen) atoms. The fourth-order valence-corrected chi connectivity index (χ4v) is 0.618. The van der Waals surface area contributed by atoms with Crippen LogP contribution in [0, 0.1) is 0 Å². The van der Waals surface area contributed by atoms with Crippen LogP contribution in [0.4, 0.5) is 0 Å². The van der Waals surface area contributed by atoms with E-state index >= 15 is 0 Å². The van der Waals surface area contributed by atoms with Gasteiger partial charge in [-0.05, 0) is 6.92 Å². The van der Waals surface area contributed by atoms with Crippen molar-refractivity contribution >= 4 is 6.29 Å². The smallest absolute Gasteiger partial charge is 0.151 e. The lowest BCUT2D eigenvalue weighted by Gasteiger charge is -2.22. The molecule has 0 radical (unpaired) electrons. The van der Waals surface area contributed by atoms with E-state index in [1.807, 2.05) is 6.92 Å². The molecule has 0 bridgehead atoms. The molecule has 0 saturated heterocycles. The van der Waals surface area contributed by atoms with Gasteiger partial charge in [0, 0.05) is 0 Å². The van der Waals surface area contributed by atoms with Crippen LogP contribution >= 0.6 is 0 Å². The van der Waals surface area contributed by atoms with Crippen LogP contribution in [-0.4, -0.2) is 62.8 Å². The number of allylic oxidation sites excluding steroid dienone is 1. The third-order valence-corrected chi connectivity index (χ3v) is 1.42. The average Bonchev–Trinajstić information content (AvgIpc) is 2.25. The van der Waals surface area contributed by atoms with Crippen LogP contribution in [-0.2, 0) is 4.79 Å². The highest BCUT2D eigenvalue weighted by atomic mass is 16.4. The monoisotopic (exact) mass is 222 g/mol. The molecule has 0 heterocycles. The number of rotatable bonds is 5. The molecule has 0 saturated carbocycles. The van der Waals surface area contributed by atoms with Gasteiger partial charge in [-0.2, -0.15) is 0 Å². The molecule has 5 N–H and O–H groups in total. The highest BCUT2D eigenvalue weighted by Gasteiger charge is 2.29. The van der Waals surface area contributed by atoms with Crippen molar-refractivity contribution in [1.82, 2.24) is 0 Å². The predicted molar refractivity (Wildman–Crippen MR) is 53.0 cm³/mol. The summed E-state index contributed by atoms with van der Waals surface area (Å²) in [5, 5.41) is 43.5. The van der Waals surface area contributed by atoms with E-state index in [9.17, 15) is 4.79 Å². The van der Waals surface area contributed by atoms with E-state index in [-0.39, 0.29) is 6.29 Å². The van der Waals surface area contributed by atoms with E-state index in [0.29, 0.717) is 0 Å². The average molecular weight is 222 g/mol. The summed E-state index contributed by atoms with van der Waals surface area (Å²) in [4.78, 5) is 9.90. The van der Waals surface area contributed by atoms with Crippen LogP contribution in [0.3, 0.4) is 0 Å². The zero-order chi connectivity index (χ0) is 12.4. The van der Waals surface area contributed by atoms with Gasteiger partial charge in [0.05, 0.1) is 6.61 Å². The highest BCUT2D eigenvalue weighted by Crippen LogP contribution is 2.02. The van der Waals surface area contributed by atoms with Crippen molar-refractivity contribution in [3.8, 4) is 0 Å². The summed E-state index contributed by atoms with van der Waals surface area (Å²) in [6, 6.07) is 0. The summed E-state index contributed by atoms with van der Waals surface area (Å²) in [7, 11) is 0. The largest absolute Gasteiger partial charge is 0.394 e. The maximum atomic E-state index is 9.90. The third kappa shape index (κ3) is 7.18. The van der Waals surface area contributed by atoms with Gasteiger partial charge in [0.25, 0.3) is 0 Å². The summed E-state index contributed by atoms with van der Waals surface area (Å²) in [6.45, 7) is 4.49. The Morgan fingerprint density at radius 1 is 1.20 bits per heavy atom. The van der Waals surface area contributed by atoms with E-state index in [1.165, 1.54) is 0 Å². The number of carbonyl (C=O) groups excluding carboxylic acids is 1. The molecule has 0 aromatic heterocycles. The Morgan fingerprint density at radius 3 is 1.87 bits per heavy atom. The summed E-state index contributed by atoms with van der Waals surface area (Å²) < 4.78 is 0. The first-order chi connectivity index (χ1) is 6.95. The van der Waals surface area contributed by atoms with E-state index in [0.717, 1.165) is 0 Å². The Morgan fingerprint density at radius 2 is 1.60 bits per heavy atom. The maximum Gasteiger partial charge on any atom is 0.151 e. The number of aliphatic hydroxyl groups is 5. The van der Waals surface area contributed by atoms with Crippen molar-refractivity contribution < 1.29 is 30.3 Å². The molecule has 0 aliphatic carbocycles. The lowest BCUT2D eigenvalue weighted by molar-refractivity contribution is -0.136. The quantitative estimate of drug-likeness (QED) is 0.266. The van der Waals surface area contributed by atoms with Gasteiger partial charge in [-0.1, -0.05) is 6.08 Å².